The molecule has 0 radical (unpaired) electrons. The van der Waals surface area contributed by atoms with Gasteiger partial charge in [0, 0.05) is 31.9 Å². The minimum Gasteiger partial charge on any atom is -0.309 e. The molecule has 3 aromatic heterocycles. The maximum atomic E-state index is 2.58. The fourth-order valence-electron chi connectivity index (χ4n) is 9.54. The number of unbranched alkanes of at least 4 members (excludes halogenated alkanes) is 3. The predicted molar refractivity (Wildman–Crippen MR) is 227 cm³/mol. The van der Waals surface area contributed by atoms with Crippen LogP contribution in [-0.4, -0.2) is 4.57 Å². The molecule has 0 amide bonds. The van der Waals surface area contributed by atoms with Crippen LogP contribution < -0.4 is 4.90 Å². The second kappa shape index (κ2) is 12.1. The monoisotopic (exact) mass is 718 g/mol. The maximum absolute atomic E-state index is 2.58. The van der Waals surface area contributed by atoms with Gasteiger partial charge in [-0.15, -0.1) is 22.7 Å². The van der Waals surface area contributed by atoms with Crippen molar-refractivity contribution >= 4 is 72.3 Å². The van der Waals surface area contributed by atoms with Crippen molar-refractivity contribution < 1.29 is 0 Å². The molecule has 53 heavy (non-hydrogen) atoms. The quantitative estimate of drug-likeness (QED) is 0.149. The van der Waals surface area contributed by atoms with E-state index in [9.17, 15) is 0 Å². The van der Waals surface area contributed by atoms with Crippen LogP contribution in [0.1, 0.15) is 60.4 Å². The molecule has 1 spiro atoms. The van der Waals surface area contributed by atoms with Gasteiger partial charge in [0.05, 0.1) is 27.8 Å². The molecular formula is C49H38N2S2. The Hall–Kier alpha value is -5.42. The normalized spacial score (nSPS) is 13.9. The number of anilines is 3. The molecule has 0 fully saturated rings. The van der Waals surface area contributed by atoms with Crippen LogP contribution in [0.2, 0.25) is 0 Å². The summed E-state index contributed by atoms with van der Waals surface area (Å²) in [5, 5.41) is 9.66. The molecule has 0 bridgehead atoms. The van der Waals surface area contributed by atoms with Crippen LogP contribution in [-0.2, 0) is 11.8 Å². The lowest BCUT2D eigenvalue weighted by Gasteiger charge is -2.45. The summed E-state index contributed by atoms with van der Waals surface area (Å²) < 4.78 is 2.50. The van der Waals surface area contributed by atoms with Crippen LogP contribution in [0.3, 0.4) is 0 Å². The van der Waals surface area contributed by atoms with E-state index >= 15 is 0 Å². The first-order valence-electron chi connectivity index (χ1n) is 19.0. The summed E-state index contributed by atoms with van der Waals surface area (Å²) in [6.07, 6.45) is 6.27. The molecule has 0 unspecified atom stereocenters. The highest BCUT2D eigenvalue weighted by atomic mass is 32.1. The van der Waals surface area contributed by atoms with E-state index in [0.29, 0.717) is 0 Å². The van der Waals surface area contributed by atoms with Crippen LogP contribution in [0.15, 0.2) is 150 Å². The molecule has 0 saturated heterocycles. The van der Waals surface area contributed by atoms with Gasteiger partial charge in [0.2, 0.25) is 0 Å². The van der Waals surface area contributed by atoms with Crippen LogP contribution in [0, 0.1) is 0 Å². The summed E-state index contributed by atoms with van der Waals surface area (Å²) >= 11 is 3.77. The Kier molecular flexibility index (Phi) is 7.08. The van der Waals surface area contributed by atoms with Gasteiger partial charge in [0.15, 0.2) is 0 Å². The van der Waals surface area contributed by atoms with Crippen LogP contribution in [0.4, 0.5) is 17.1 Å². The molecule has 1 aliphatic heterocycles. The van der Waals surface area contributed by atoms with Crippen molar-refractivity contribution in [1.82, 2.24) is 4.57 Å². The minimum absolute atomic E-state index is 0.416. The van der Waals surface area contributed by atoms with Gasteiger partial charge in [-0.2, -0.15) is 0 Å². The fraction of sp³-hybridized carbons (Fsp3) is 0.143. The van der Waals surface area contributed by atoms with E-state index in [2.05, 4.69) is 167 Å². The van der Waals surface area contributed by atoms with Crippen LogP contribution in [0.25, 0.3) is 48.0 Å². The molecule has 9 aromatic rings. The van der Waals surface area contributed by atoms with Crippen LogP contribution in [0.5, 0.6) is 0 Å². The summed E-state index contributed by atoms with van der Waals surface area (Å²) in [7, 11) is 0. The predicted octanol–water partition coefficient (Wildman–Crippen LogP) is 14.3. The Morgan fingerprint density at radius 2 is 1.26 bits per heavy atom. The first-order valence-corrected chi connectivity index (χ1v) is 20.7. The third kappa shape index (κ3) is 4.37. The molecule has 6 aromatic carbocycles. The Bertz CT molecular complexity index is 2810. The number of aryl methyl sites for hydroxylation is 1. The minimum atomic E-state index is -0.416. The average Bonchev–Trinajstić information content (AvgIpc) is 4.00. The SMILES string of the molecule is CCCCCCc1ccc(-n2c3ccccc3c3c4c(ccc32)C2(c3ccccc3N4c3ccc4ccccc4c3)c3ccsc3-c3sccc32)cc1. The van der Waals surface area contributed by atoms with Crippen molar-refractivity contribution in [2.24, 2.45) is 0 Å². The number of nitrogens with zero attached hydrogens (tertiary/aromatic N) is 2. The number of fused-ring (bicyclic) bond motifs is 14. The van der Waals surface area contributed by atoms with Crippen LogP contribution >= 0.6 is 22.7 Å². The highest BCUT2D eigenvalue weighted by Gasteiger charge is 2.53. The van der Waals surface area contributed by atoms with Gasteiger partial charge in [-0.1, -0.05) is 111 Å². The van der Waals surface area contributed by atoms with Gasteiger partial charge >= 0.3 is 0 Å². The summed E-state index contributed by atoms with van der Waals surface area (Å²) in [4.78, 5) is 5.40. The zero-order chi connectivity index (χ0) is 35.1. The number of thiophene rings is 2. The third-order valence-corrected chi connectivity index (χ3v) is 13.8. The molecule has 4 heteroatoms. The third-order valence-electron chi connectivity index (χ3n) is 11.8. The summed E-state index contributed by atoms with van der Waals surface area (Å²) in [5.41, 5.74) is 13.9. The molecule has 0 saturated carbocycles. The molecule has 1 aliphatic carbocycles. The lowest BCUT2D eigenvalue weighted by molar-refractivity contribution is 0.667. The molecular weight excluding hydrogens is 681 g/mol. The molecule has 2 nitrogen and oxygen atoms in total. The Balaban J connectivity index is 1.23. The fourth-order valence-corrected chi connectivity index (χ4v) is 11.6. The molecule has 4 heterocycles. The number of hydrogen-bond acceptors (Lipinski definition) is 3. The first-order chi connectivity index (χ1) is 26.3. The second-order valence-electron chi connectivity index (χ2n) is 14.6. The number of benzene rings is 6. The second-order valence-corrected chi connectivity index (χ2v) is 16.5. The van der Waals surface area contributed by atoms with Gasteiger partial charge in [-0.25, -0.2) is 0 Å². The van der Waals surface area contributed by atoms with Gasteiger partial charge < -0.3 is 9.47 Å². The van der Waals surface area contributed by atoms with Crippen molar-refractivity contribution in [1.29, 1.82) is 0 Å². The average molecular weight is 719 g/mol. The van der Waals surface area contributed by atoms with Gasteiger partial charge in [0.1, 0.15) is 0 Å². The van der Waals surface area contributed by atoms with Crippen molar-refractivity contribution in [2.45, 2.75) is 44.4 Å². The zero-order valence-corrected chi connectivity index (χ0v) is 31.3. The van der Waals surface area contributed by atoms with Gasteiger partial charge in [0.25, 0.3) is 0 Å². The van der Waals surface area contributed by atoms with Crippen molar-refractivity contribution in [3.05, 3.63) is 178 Å². The zero-order valence-electron chi connectivity index (χ0n) is 29.7. The van der Waals surface area contributed by atoms with E-state index in [1.54, 1.807) is 0 Å². The smallest absolute Gasteiger partial charge is 0.0771 e. The lowest BCUT2D eigenvalue weighted by Crippen LogP contribution is -2.36. The highest BCUT2D eigenvalue weighted by Crippen LogP contribution is 2.66. The molecule has 2 aliphatic rings. The van der Waals surface area contributed by atoms with E-state index in [1.807, 2.05) is 22.7 Å². The Labute approximate surface area is 318 Å². The van der Waals surface area contributed by atoms with E-state index in [-0.39, 0.29) is 0 Å². The van der Waals surface area contributed by atoms with Crippen molar-refractivity contribution in [3.8, 4) is 15.4 Å². The van der Waals surface area contributed by atoms with E-state index in [1.165, 1.54) is 119 Å². The number of para-hydroxylation sites is 2. The Morgan fingerprint density at radius 3 is 2.08 bits per heavy atom. The van der Waals surface area contributed by atoms with Gasteiger partial charge in [-0.3, -0.25) is 0 Å². The summed E-state index contributed by atoms with van der Waals surface area (Å²) in [6.45, 7) is 2.28. The lowest BCUT2D eigenvalue weighted by atomic mass is 9.65. The molecule has 256 valence electrons. The topological polar surface area (TPSA) is 8.17 Å². The largest absolute Gasteiger partial charge is 0.309 e. The molecule has 11 rings (SSSR count). The van der Waals surface area contributed by atoms with E-state index in [4.69, 9.17) is 0 Å². The summed E-state index contributed by atoms with van der Waals surface area (Å²) in [5.74, 6) is 0. The number of rotatable bonds is 7. The number of hydrogen-bond donors (Lipinski definition) is 0. The first kappa shape index (κ1) is 31.1. The standard InChI is InChI=1S/C49H38N2S2/c1-2-3-4-5-12-32-19-22-35(23-20-32)50-42-17-10-8-15-37(42)45-44(50)26-25-39-46(45)51(36-24-21-33-13-6-7-14-34(33)31-36)43-18-11-9-16-38(43)49(39)40-27-29-52-47(40)48-41(49)28-30-53-48/h6-11,13-31H,2-5,12H2,1H3. The maximum Gasteiger partial charge on any atom is 0.0771 e. The summed E-state index contributed by atoms with van der Waals surface area (Å²) in [6, 6.07) is 53.0. The highest BCUT2D eigenvalue weighted by molar-refractivity contribution is 7.21. The van der Waals surface area contributed by atoms with Gasteiger partial charge in [-0.05, 0) is 117 Å². The van der Waals surface area contributed by atoms with E-state index in [0.717, 1.165) is 6.42 Å². The number of aromatic nitrogens is 1. The van der Waals surface area contributed by atoms with Crippen molar-refractivity contribution in [3.63, 3.8) is 0 Å². The van der Waals surface area contributed by atoms with E-state index < -0.39 is 5.41 Å². The molecule has 0 atom stereocenters. The molecule has 0 N–H and O–H groups in total. The van der Waals surface area contributed by atoms with Crippen molar-refractivity contribution in [2.75, 3.05) is 4.90 Å². The Morgan fingerprint density at radius 1 is 0.547 bits per heavy atom.